The predicted molar refractivity (Wildman–Crippen MR) is 104 cm³/mol. The summed E-state index contributed by atoms with van der Waals surface area (Å²) in [5, 5.41) is 4.06. The fourth-order valence-electron chi connectivity index (χ4n) is 2.36. The van der Waals surface area contributed by atoms with Gasteiger partial charge in [-0.05, 0) is 37.3 Å². The number of fused-ring (bicyclic) bond motifs is 1. The number of aromatic nitrogens is 1. The van der Waals surface area contributed by atoms with Crippen LogP contribution in [0.1, 0.15) is 18.4 Å². The lowest BCUT2D eigenvalue weighted by Gasteiger charge is -2.13. The molecule has 0 fully saturated rings. The fourth-order valence-corrected chi connectivity index (χ4v) is 3.51. The SMILES string of the molecule is C[C@H](OC(=O)CCc1nc2ccccc2s1)C(=O)Nc1cccc(Cl)c1. The second-order valence-electron chi connectivity index (χ2n) is 5.71. The molecule has 1 atom stereocenters. The quantitative estimate of drug-likeness (QED) is 0.633. The molecule has 0 aliphatic rings. The number of carbonyl (C=O) groups is 2. The van der Waals surface area contributed by atoms with Gasteiger partial charge in [-0.25, -0.2) is 4.98 Å². The standard InChI is InChI=1S/C19H17ClN2O3S/c1-12(19(24)21-14-6-4-5-13(20)11-14)25-18(23)10-9-17-22-15-7-2-3-8-16(15)26-17/h2-8,11-12H,9-10H2,1H3,(H,21,24)/t12-/m0/s1. The first-order valence-corrected chi connectivity index (χ1v) is 9.31. The minimum Gasteiger partial charge on any atom is -0.453 e. The van der Waals surface area contributed by atoms with Crippen molar-refractivity contribution in [2.24, 2.45) is 0 Å². The van der Waals surface area contributed by atoms with Crippen molar-refractivity contribution < 1.29 is 14.3 Å². The average molecular weight is 389 g/mol. The van der Waals surface area contributed by atoms with Crippen LogP contribution in [0.2, 0.25) is 5.02 Å². The van der Waals surface area contributed by atoms with Crippen molar-refractivity contribution in [1.82, 2.24) is 4.98 Å². The van der Waals surface area contributed by atoms with E-state index in [0.29, 0.717) is 17.1 Å². The van der Waals surface area contributed by atoms with Gasteiger partial charge in [-0.3, -0.25) is 9.59 Å². The van der Waals surface area contributed by atoms with E-state index in [4.69, 9.17) is 16.3 Å². The Morgan fingerprint density at radius 2 is 2.04 bits per heavy atom. The first-order chi connectivity index (χ1) is 12.5. The maximum Gasteiger partial charge on any atom is 0.306 e. The van der Waals surface area contributed by atoms with Crippen LogP contribution in [0.3, 0.4) is 0 Å². The predicted octanol–water partition coefficient (Wildman–Crippen LogP) is 4.45. The Bertz CT molecular complexity index is 908. The molecule has 0 unspecified atom stereocenters. The van der Waals surface area contributed by atoms with E-state index in [1.54, 1.807) is 35.6 Å². The molecule has 0 saturated heterocycles. The van der Waals surface area contributed by atoms with E-state index in [-0.39, 0.29) is 6.42 Å². The van der Waals surface area contributed by atoms with E-state index < -0.39 is 18.0 Å². The number of thiazole rings is 1. The van der Waals surface area contributed by atoms with E-state index in [1.807, 2.05) is 24.3 Å². The molecular weight excluding hydrogens is 372 g/mol. The number of aryl methyl sites for hydroxylation is 1. The summed E-state index contributed by atoms with van der Waals surface area (Å²) in [5.41, 5.74) is 1.48. The van der Waals surface area contributed by atoms with Crippen LogP contribution in [0, 0.1) is 0 Å². The van der Waals surface area contributed by atoms with Crippen LogP contribution in [0.4, 0.5) is 5.69 Å². The highest BCUT2D eigenvalue weighted by Crippen LogP contribution is 2.22. The van der Waals surface area contributed by atoms with Gasteiger partial charge in [-0.1, -0.05) is 29.8 Å². The van der Waals surface area contributed by atoms with Crippen molar-refractivity contribution in [2.75, 3.05) is 5.32 Å². The van der Waals surface area contributed by atoms with E-state index in [9.17, 15) is 9.59 Å². The molecule has 1 heterocycles. The van der Waals surface area contributed by atoms with Crippen LogP contribution >= 0.6 is 22.9 Å². The third-order valence-corrected chi connectivity index (χ3v) is 4.98. The summed E-state index contributed by atoms with van der Waals surface area (Å²) >= 11 is 7.44. The average Bonchev–Trinajstić information content (AvgIpc) is 3.03. The van der Waals surface area contributed by atoms with Gasteiger partial charge in [0.2, 0.25) is 0 Å². The van der Waals surface area contributed by atoms with Crippen LogP contribution in [-0.2, 0) is 20.7 Å². The number of hydrogen-bond acceptors (Lipinski definition) is 5. The second-order valence-corrected chi connectivity index (χ2v) is 7.26. The summed E-state index contributed by atoms with van der Waals surface area (Å²) < 4.78 is 6.29. The molecule has 0 aliphatic heterocycles. The van der Waals surface area contributed by atoms with Crippen LogP contribution < -0.4 is 5.32 Å². The molecule has 0 bridgehead atoms. The number of para-hydroxylation sites is 1. The number of amides is 1. The molecule has 0 saturated carbocycles. The second kappa shape index (κ2) is 8.29. The molecule has 1 N–H and O–H groups in total. The van der Waals surface area contributed by atoms with Crippen molar-refractivity contribution >= 4 is 50.7 Å². The number of halogens is 1. The number of ether oxygens (including phenoxy) is 1. The van der Waals surface area contributed by atoms with Crippen molar-refractivity contribution in [3.05, 3.63) is 58.6 Å². The highest BCUT2D eigenvalue weighted by atomic mass is 35.5. The largest absolute Gasteiger partial charge is 0.453 e. The minimum absolute atomic E-state index is 0.175. The topological polar surface area (TPSA) is 68.3 Å². The van der Waals surface area contributed by atoms with Crippen molar-refractivity contribution in [1.29, 1.82) is 0 Å². The molecule has 0 radical (unpaired) electrons. The zero-order chi connectivity index (χ0) is 18.5. The number of benzene rings is 2. The van der Waals surface area contributed by atoms with Gasteiger partial charge < -0.3 is 10.1 Å². The third kappa shape index (κ3) is 4.80. The molecule has 0 aliphatic carbocycles. The van der Waals surface area contributed by atoms with Crippen LogP contribution in [0.5, 0.6) is 0 Å². The molecule has 2 aromatic carbocycles. The number of hydrogen-bond donors (Lipinski definition) is 1. The summed E-state index contributed by atoms with van der Waals surface area (Å²) in [6.45, 7) is 1.54. The van der Waals surface area contributed by atoms with Gasteiger partial charge in [0.05, 0.1) is 21.6 Å². The van der Waals surface area contributed by atoms with Gasteiger partial charge in [-0.15, -0.1) is 11.3 Å². The summed E-state index contributed by atoms with van der Waals surface area (Å²) in [6, 6.07) is 14.6. The first kappa shape index (κ1) is 18.4. The summed E-state index contributed by atoms with van der Waals surface area (Å²) in [4.78, 5) is 28.6. The lowest BCUT2D eigenvalue weighted by molar-refractivity contribution is -0.153. The Morgan fingerprint density at radius 1 is 1.23 bits per heavy atom. The maximum atomic E-state index is 12.1. The van der Waals surface area contributed by atoms with E-state index in [2.05, 4.69) is 10.3 Å². The monoisotopic (exact) mass is 388 g/mol. The molecule has 7 heteroatoms. The fraction of sp³-hybridized carbons (Fsp3) is 0.211. The number of anilines is 1. The lowest BCUT2D eigenvalue weighted by Crippen LogP contribution is -2.30. The van der Waals surface area contributed by atoms with E-state index >= 15 is 0 Å². The van der Waals surface area contributed by atoms with Gasteiger partial charge in [0, 0.05) is 17.1 Å². The van der Waals surface area contributed by atoms with E-state index in [0.717, 1.165) is 15.2 Å². The molecule has 5 nitrogen and oxygen atoms in total. The number of nitrogens with zero attached hydrogens (tertiary/aromatic N) is 1. The first-order valence-electron chi connectivity index (χ1n) is 8.11. The summed E-state index contributed by atoms with van der Waals surface area (Å²) in [5.74, 6) is -0.835. The van der Waals surface area contributed by atoms with Gasteiger partial charge in [0.25, 0.3) is 5.91 Å². The Balaban J connectivity index is 1.49. The third-order valence-electron chi connectivity index (χ3n) is 3.65. The van der Waals surface area contributed by atoms with Gasteiger partial charge in [-0.2, -0.15) is 0 Å². The number of nitrogens with one attached hydrogen (secondary N) is 1. The molecule has 3 rings (SSSR count). The lowest BCUT2D eigenvalue weighted by atomic mass is 10.3. The zero-order valence-corrected chi connectivity index (χ0v) is 15.6. The Kier molecular flexibility index (Phi) is 5.85. The van der Waals surface area contributed by atoms with Crippen LogP contribution in [-0.4, -0.2) is 23.0 Å². The number of esters is 1. The molecule has 0 spiro atoms. The van der Waals surface area contributed by atoms with Gasteiger partial charge >= 0.3 is 5.97 Å². The smallest absolute Gasteiger partial charge is 0.306 e. The molecule has 1 amide bonds. The van der Waals surface area contributed by atoms with Gasteiger partial charge in [0.15, 0.2) is 6.10 Å². The normalized spacial score (nSPS) is 11.9. The van der Waals surface area contributed by atoms with Crippen LogP contribution in [0.15, 0.2) is 48.5 Å². The number of carbonyl (C=O) groups excluding carboxylic acids is 2. The minimum atomic E-state index is -0.892. The summed E-state index contributed by atoms with van der Waals surface area (Å²) in [7, 11) is 0. The molecule has 1 aromatic heterocycles. The van der Waals surface area contributed by atoms with Gasteiger partial charge in [0.1, 0.15) is 0 Å². The van der Waals surface area contributed by atoms with Crippen molar-refractivity contribution in [3.63, 3.8) is 0 Å². The molecule has 3 aromatic rings. The number of rotatable bonds is 6. The molecule has 134 valence electrons. The molecular formula is C19H17ClN2O3S. The Hall–Kier alpha value is -2.44. The summed E-state index contributed by atoms with van der Waals surface area (Å²) in [6.07, 6.45) is -0.230. The molecule has 26 heavy (non-hydrogen) atoms. The maximum absolute atomic E-state index is 12.1. The zero-order valence-electron chi connectivity index (χ0n) is 14.1. The van der Waals surface area contributed by atoms with E-state index in [1.165, 1.54) is 6.92 Å². The Morgan fingerprint density at radius 3 is 2.81 bits per heavy atom. The highest BCUT2D eigenvalue weighted by Gasteiger charge is 2.18. The Labute approximate surface area is 160 Å². The highest BCUT2D eigenvalue weighted by molar-refractivity contribution is 7.18. The van der Waals surface area contributed by atoms with Crippen molar-refractivity contribution in [3.8, 4) is 0 Å². The van der Waals surface area contributed by atoms with Crippen molar-refractivity contribution in [2.45, 2.75) is 25.9 Å². The van der Waals surface area contributed by atoms with Crippen LogP contribution in [0.25, 0.3) is 10.2 Å².